The van der Waals surface area contributed by atoms with Crippen molar-refractivity contribution in [3.63, 3.8) is 0 Å². The number of allylic oxidation sites excluding steroid dienone is 5. The quantitative estimate of drug-likeness (QED) is 0.0211. The third-order valence-corrected chi connectivity index (χ3v) is 9.60. The highest BCUT2D eigenvalue weighted by Gasteiger charge is 2.24. The average molecular weight is 728 g/mol. The van der Waals surface area contributed by atoms with Gasteiger partial charge in [-0.25, -0.2) is 4.57 Å². The van der Waals surface area contributed by atoms with Gasteiger partial charge in [0.2, 0.25) is 0 Å². The van der Waals surface area contributed by atoms with E-state index in [0.29, 0.717) is 6.42 Å². The summed E-state index contributed by atoms with van der Waals surface area (Å²) in [6, 6.07) is 0. The first-order chi connectivity index (χ1) is 24.4. The number of unbranched alkanes of at least 4 members (excludes halogenated alkanes) is 22. The molecule has 0 amide bonds. The number of ether oxygens (including phenoxy) is 2. The van der Waals surface area contributed by atoms with Gasteiger partial charge in [-0.1, -0.05) is 134 Å². The van der Waals surface area contributed by atoms with Crippen LogP contribution in [0.1, 0.15) is 187 Å². The first-order valence-electron chi connectivity index (χ1n) is 20.5. The summed E-state index contributed by atoms with van der Waals surface area (Å²) in [6.45, 7) is 4.18. The SMILES string of the molecule is CCCCCC/C=C\CCCCCCCCCC(=O)OC[C@H](COP(=O)(O)OCCN)O/C=C\CCCCCC/C=C\CCCCCCCC. The molecular formula is C41H78NO7P. The molecule has 0 spiro atoms. The van der Waals surface area contributed by atoms with E-state index in [2.05, 4.69) is 38.2 Å². The number of carbonyl (C=O) groups excluding carboxylic acids is 1. The summed E-state index contributed by atoms with van der Waals surface area (Å²) in [5.74, 6) is -0.298. The summed E-state index contributed by atoms with van der Waals surface area (Å²) < 4.78 is 33.1. The fraction of sp³-hybridized carbons (Fsp3) is 0.829. The molecule has 1 unspecified atom stereocenters. The van der Waals surface area contributed by atoms with Gasteiger partial charge >= 0.3 is 13.8 Å². The van der Waals surface area contributed by atoms with E-state index in [1.807, 2.05) is 6.08 Å². The Morgan fingerprint density at radius 3 is 1.50 bits per heavy atom. The molecule has 0 rings (SSSR count). The van der Waals surface area contributed by atoms with Gasteiger partial charge in [-0.3, -0.25) is 13.8 Å². The van der Waals surface area contributed by atoms with Crippen molar-refractivity contribution in [1.29, 1.82) is 0 Å². The Morgan fingerprint density at radius 1 is 0.600 bits per heavy atom. The summed E-state index contributed by atoms with van der Waals surface area (Å²) in [7, 11) is -4.27. The van der Waals surface area contributed by atoms with Crippen LogP contribution in [0.5, 0.6) is 0 Å². The molecule has 9 heteroatoms. The van der Waals surface area contributed by atoms with E-state index >= 15 is 0 Å². The zero-order valence-corrected chi connectivity index (χ0v) is 33.3. The fourth-order valence-electron chi connectivity index (χ4n) is 5.50. The Labute approximate surface area is 308 Å². The van der Waals surface area contributed by atoms with Crippen LogP contribution in [-0.4, -0.2) is 43.3 Å². The van der Waals surface area contributed by atoms with Crippen LogP contribution >= 0.6 is 7.82 Å². The molecule has 3 N–H and O–H groups in total. The van der Waals surface area contributed by atoms with Crippen LogP contribution in [0.3, 0.4) is 0 Å². The Morgan fingerprint density at radius 2 is 1.02 bits per heavy atom. The van der Waals surface area contributed by atoms with Gasteiger partial charge in [0, 0.05) is 13.0 Å². The van der Waals surface area contributed by atoms with Crippen molar-refractivity contribution in [2.24, 2.45) is 5.73 Å². The lowest BCUT2D eigenvalue weighted by Crippen LogP contribution is -2.25. The van der Waals surface area contributed by atoms with Gasteiger partial charge in [0.05, 0.1) is 19.5 Å². The Hall–Kier alpha value is -1.44. The molecule has 0 radical (unpaired) electrons. The lowest BCUT2D eigenvalue weighted by molar-refractivity contribution is -0.147. The molecule has 0 heterocycles. The molecule has 0 bridgehead atoms. The standard InChI is InChI=1S/C41H78NO7P/c1-3-5-7-9-11-13-15-17-19-21-23-25-27-29-31-33-36-46-40(39-49-50(44,45)48-37-35-42)38-47-41(43)34-32-30-28-26-24-22-20-18-16-14-12-10-8-6-4-2/h14,16-17,19,33,36,40H,3-13,15,18,20-32,34-35,37-39,42H2,1-2H3,(H,44,45)/b16-14-,19-17-,36-33-/t40-/m1/s1. The van der Waals surface area contributed by atoms with Crippen molar-refractivity contribution < 1.29 is 32.8 Å². The van der Waals surface area contributed by atoms with Gasteiger partial charge in [-0.15, -0.1) is 0 Å². The van der Waals surface area contributed by atoms with Gasteiger partial charge in [0.25, 0.3) is 0 Å². The summed E-state index contributed by atoms with van der Waals surface area (Å²) in [5, 5.41) is 0. The highest BCUT2D eigenvalue weighted by Crippen LogP contribution is 2.43. The molecule has 0 aromatic carbocycles. The predicted molar refractivity (Wildman–Crippen MR) is 210 cm³/mol. The van der Waals surface area contributed by atoms with Crippen molar-refractivity contribution >= 4 is 13.8 Å². The molecule has 0 fully saturated rings. The molecular weight excluding hydrogens is 649 g/mol. The highest BCUT2D eigenvalue weighted by molar-refractivity contribution is 7.47. The van der Waals surface area contributed by atoms with E-state index in [1.54, 1.807) is 6.26 Å². The smallest absolute Gasteiger partial charge is 0.472 e. The Bertz CT molecular complexity index is 864. The van der Waals surface area contributed by atoms with Crippen molar-refractivity contribution in [3.05, 3.63) is 36.6 Å². The zero-order chi connectivity index (χ0) is 36.6. The van der Waals surface area contributed by atoms with Crippen molar-refractivity contribution in [2.45, 2.75) is 193 Å². The molecule has 0 aliphatic carbocycles. The summed E-state index contributed by atoms with van der Waals surface area (Å²) >= 11 is 0. The zero-order valence-electron chi connectivity index (χ0n) is 32.4. The van der Waals surface area contributed by atoms with Crippen LogP contribution in [0.15, 0.2) is 36.6 Å². The molecule has 50 heavy (non-hydrogen) atoms. The highest BCUT2D eigenvalue weighted by atomic mass is 31.2. The third-order valence-electron chi connectivity index (χ3n) is 8.62. The number of rotatable bonds is 39. The number of hydrogen-bond acceptors (Lipinski definition) is 7. The number of phosphoric ester groups is 1. The second-order valence-corrected chi connectivity index (χ2v) is 15.0. The minimum absolute atomic E-state index is 0.0698. The molecule has 0 aliphatic rings. The van der Waals surface area contributed by atoms with Gasteiger partial charge in [0.1, 0.15) is 6.61 Å². The number of hydrogen-bond donors (Lipinski definition) is 2. The van der Waals surface area contributed by atoms with Crippen molar-refractivity contribution in [1.82, 2.24) is 0 Å². The molecule has 0 aliphatic heterocycles. The van der Waals surface area contributed by atoms with Crippen LogP contribution < -0.4 is 5.73 Å². The van der Waals surface area contributed by atoms with E-state index < -0.39 is 13.9 Å². The summed E-state index contributed by atoms with van der Waals surface area (Å²) in [4.78, 5) is 22.2. The number of nitrogens with two attached hydrogens (primary N) is 1. The minimum Gasteiger partial charge on any atom is -0.492 e. The van der Waals surface area contributed by atoms with E-state index in [4.69, 9.17) is 24.3 Å². The molecule has 0 aromatic heterocycles. The largest absolute Gasteiger partial charge is 0.492 e. The van der Waals surface area contributed by atoms with E-state index in [-0.39, 0.29) is 32.3 Å². The fourth-order valence-corrected chi connectivity index (χ4v) is 6.26. The van der Waals surface area contributed by atoms with Gasteiger partial charge < -0.3 is 20.1 Å². The molecule has 2 atom stereocenters. The molecule has 0 saturated carbocycles. The number of phosphoric acid groups is 1. The average Bonchev–Trinajstić information content (AvgIpc) is 3.11. The van der Waals surface area contributed by atoms with Crippen molar-refractivity contribution in [2.75, 3.05) is 26.4 Å². The minimum atomic E-state index is -4.27. The Kier molecular flexibility index (Phi) is 37.7. The monoisotopic (exact) mass is 728 g/mol. The maximum absolute atomic E-state index is 12.4. The van der Waals surface area contributed by atoms with E-state index in [9.17, 15) is 14.3 Å². The Balaban J connectivity index is 4.13. The first kappa shape index (κ1) is 48.6. The van der Waals surface area contributed by atoms with Crippen LogP contribution in [0.4, 0.5) is 0 Å². The normalized spacial score (nSPS) is 13.8. The topological polar surface area (TPSA) is 117 Å². The van der Waals surface area contributed by atoms with E-state index in [1.165, 1.54) is 122 Å². The number of carbonyl (C=O) groups is 1. The molecule has 0 aromatic rings. The summed E-state index contributed by atoms with van der Waals surface area (Å²) in [5.41, 5.74) is 5.36. The van der Waals surface area contributed by atoms with Gasteiger partial charge in [-0.05, 0) is 76.7 Å². The van der Waals surface area contributed by atoms with Gasteiger partial charge in [-0.2, -0.15) is 0 Å². The van der Waals surface area contributed by atoms with Crippen molar-refractivity contribution in [3.8, 4) is 0 Å². The van der Waals surface area contributed by atoms with Crippen LogP contribution in [-0.2, 0) is 27.9 Å². The predicted octanol–water partition coefficient (Wildman–Crippen LogP) is 12.2. The molecule has 8 nitrogen and oxygen atoms in total. The summed E-state index contributed by atoms with van der Waals surface area (Å²) in [6.07, 6.45) is 44.0. The van der Waals surface area contributed by atoms with E-state index in [0.717, 1.165) is 44.9 Å². The third kappa shape index (κ3) is 37.8. The molecule has 294 valence electrons. The van der Waals surface area contributed by atoms with Crippen LogP contribution in [0.2, 0.25) is 0 Å². The lowest BCUT2D eigenvalue weighted by Gasteiger charge is -2.19. The molecule has 0 saturated heterocycles. The second-order valence-electron chi connectivity index (χ2n) is 13.6. The maximum Gasteiger partial charge on any atom is 0.472 e. The first-order valence-corrected chi connectivity index (χ1v) is 22.0. The lowest BCUT2D eigenvalue weighted by atomic mass is 10.1. The number of esters is 1. The van der Waals surface area contributed by atoms with Gasteiger partial charge in [0.15, 0.2) is 6.10 Å². The van der Waals surface area contributed by atoms with Crippen LogP contribution in [0, 0.1) is 0 Å². The second kappa shape index (κ2) is 38.8. The maximum atomic E-state index is 12.4. The van der Waals surface area contributed by atoms with Crippen LogP contribution in [0.25, 0.3) is 0 Å².